The Morgan fingerprint density at radius 3 is 2.67 bits per heavy atom. The molecule has 0 saturated carbocycles. The molecule has 8 heteroatoms. The molecule has 0 fully saturated rings. The summed E-state index contributed by atoms with van der Waals surface area (Å²) in [6.07, 6.45) is 3.86. The van der Waals surface area contributed by atoms with Crippen molar-refractivity contribution in [3.05, 3.63) is 41.7 Å². The van der Waals surface area contributed by atoms with Gasteiger partial charge in [-0.25, -0.2) is 9.78 Å². The zero-order valence-electron chi connectivity index (χ0n) is 17.1. The zero-order chi connectivity index (χ0) is 22.0. The molecule has 0 saturated heterocycles. The number of carbonyl (C=O) groups excluding carboxylic acids is 2. The van der Waals surface area contributed by atoms with Crippen LogP contribution in [0.2, 0.25) is 0 Å². The fraction of sp³-hybridized carbons (Fsp3) is 0.409. The number of hydrogen-bond donors (Lipinski definition) is 3. The highest BCUT2D eigenvalue weighted by atomic mass is 16.5. The van der Waals surface area contributed by atoms with Crippen LogP contribution in [0.25, 0.3) is 17.1 Å². The topological polar surface area (TPSA) is 122 Å². The van der Waals surface area contributed by atoms with Crippen LogP contribution in [0.3, 0.4) is 0 Å². The number of phenolic OH excluding ortho intramolecular Hbond substituents is 1. The Labute approximate surface area is 174 Å². The number of aromatic hydroxyl groups is 1. The first kappa shape index (κ1) is 21.7. The fourth-order valence-corrected chi connectivity index (χ4v) is 3.32. The van der Waals surface area contributed by atoms with Crippen molar-refractivity contribution in [3.63, 3.8) is 0 Å². The molecule has 30 heavy (non-hydrogen) atoms. The maximum atomic E-state index is 12.9. The van der Waals surface area contributed by atoms with Crippen LogP contribution in [0.1, 0.15) is 43.1 Å². The van der Waals surface area contributed by atoms with E-state index in [-0.39, 0.29) is 23.7 Å². The van der Waals surface area contributed by atoms with Gasteiger partial charge in [0.2, 0.25) is 0 Å². The number of cyclic esters (lactones) is 1. The summed E-state index contributed by atoms with van der Waals surface area (Å²) in [7, 11) is 0. The number of aliphatic hydroxyl groups excluding tert-OH is 2. The van der Waals surface area contributed by atoms with Gasteiger partial charge in [0.1, 0.15) is 23.5 Å². The molecule has 160 valence electrons. The number of aliphatic hydroxyl groups is 2. The van der Waals surface area contributed by atoms with Crippen molar-refractivity contribution in [2.24, 2.45) is 5.92 Å². The quantitative estimate of drug-likeness (QED) is 0.612. The molecule has 2 aromatic rings. The second kappa shape index (κ2) is 8.81. The first-order valence-corrected chi connectivity index (χ1v) is 9.91. The van der Waals surface area contributed by atoms with E-state index < -0.39 is 30.1 Å². The molecule has 4 atom stereocenters. The van der Waals surface area contributed by atoms with E-state index in [4.69, 9.17) is 4.74 Å². The van der Waals surface area contributed by atoms with Gasteiger partial charge in [-0.05, 0) is 26.3 Å². The summed E-state index contributed by atoms with van der Waals surface area (Å²) in [6, 6.07) is 1.48. The maximum absolute atomic E-state index is 12.9. The minimum Gasteiger partial charge on any atom is -0.507 e. The molecule has 0 bridgehead atoms. The maximum Gasteiger partial charge on any atom is 0.342 e. The summed E-state index contributed by atoms with van der Waals surface area (Å²) in [4.78, 5) is 29.4. The van der Waals surface area contributed by atoms with Gasteiger partial charge in [-0.2, -0.15) is 0 Å². The summed E-state index contributed by atoms with van der Waals surface area (Å²) in [6.45, 7) is 5.98. The number of esters is 1. The Morgan fingerprint density at radius 2 is 1.97 bits per heavy atom. The fourth-order valence-electron chi connectivity index (χ4n) is 3.32. The molecule has 3 rings (SSSR count). The Morgan fingerprint density at radius 1 is 1.23 bits per heavy atom. The Balaban J connectivity index is 2.16. The number of ketones is 1. The molecule has 0 aliphatic carbocycles. The molecule has 3 N–H and O–H groups in total. The van der Waals surface area contributed by atoms with Gasteiger partial charge in [0.15, 0.2) is 5.78 Å². The van der Waals surface area contributed by atoms with Crippen molar-refractivity contribution in [2.75, 3.05) is 0 Å². The van der Waals surface area contributed by atoms with Crippen LogP contribution >= 0.6 is 0 Å². The molecule has 1 aliphatic heterocycles. The Hall–Kier alpha value is -2.97. The average Bonchev–Trinajstić information content (AvgIpc) is 3.12. The van der Waals surface area contributed by atoms with Gasteiger partial charge >= 0.3 is 5.97 Å². The van der Waals surface area contributed by atoms with Gasteiger partial charge in [-0.3, -0.25) is 4.79 Å². The highest BCUT2D eigenvalue weighted by Gasteiger charge is 2.26. The van der Waals surface area contributed by atoms with Gasteiger partial charge < -0.3 is 24.6 Å². The van der Waals surface area contributed by atoms with Gasteiger partial charge in [0, 0.05) is 24.1 Å². The van der Waals surface area contributed by atoms with E-state index in [0.29, 0.717) is 23.1 Å². The van der Waals surface area contributed by atoms with Crippen LogP contribution in [-0.2, 0) is 16.1 Å². The van der Waals surface area contributed by atoms with Crippen LogP contribution < -0.4 is 0 Å². The third-order valence-electron chi connectivity index (χ3n) is 5.39. The predicted molar refractivity (Wildman–Crippen MR) is 111 cm³/mol. The number of phenols is 1. The summed E-state index contributed by atoms with van der Waals surface area (Å²) in [5.74, 6) is -1.91. The minimum absolute atomic E-state index is 0.0219. The van der Waals surface area contributed by atoms with Gasteiger partial charge in [0.05, 0.1) is 23.5 Å². The van der Waals surface area contributed by atoms with E-state index >= 15 is 0 Å². The van der Waals surface area contributed by atoms with Crippen molar-refractivity contribution in [2.45, 2.75) is 52.0 Å². The second-order valence-electron chi connectivity index (χ2n) is 7.46. The molecule has 1 aromatic heterocycles. The van der Waals surface area contributed by atoms with E-state index in [2.05, 4.69) is 4.98 Å². The van der Waals surface area contributed by atoms with E-state index in [1.54, 1.807) is 26.3 Å². The lowest BCUT2D eigenvalue weighted by Crippen LogP contribution is -2.32. The number of fused-ring (bicyclic) bond motifs is 3. The highest BCUT2D eigenvalue weighted by molar-refractivity contribution is 6.03. The molecule has 1 aromatic carbocycles. The molecule has 1 aliphatic rings. The zero-order valence-corrected chi connectivity index (χ0v) is 17.1. The number of benzene rings is 1. The first-order chi connectivity index (χ1) is 14.2. The molecular formula is C22H26N2O6. The average molecular weight is 414 g/mol. The number of hydrogen-bond acceptors (Lipinski definition) is 7. The third kappa shape index (κ3) is 4.15. The first-order valence-electron chi connectivity index (χ1n) is 9.91. The summed E-state index contributed by atoms with van der Waals surface area (Å²) >= 11 is 0. The molecule has 2 heterocycles. The number of nitrogens with zero attached hydrogens (tertiary/aromatic N) is 2. The SMILES string of the molecule is CCn1cnc2c3c(c(O)cc21)C(=O)O[C@@H](C)[C@H](C)/C=C\C(=O)C(O)[C@@H](O)CC=C3. The van der Waals surface area contributed by atoms with E-state index in [0.717, 1.165) is 0 Å². The molecular weight excluding hydrogens is 388 g/mol. The third-order valence-corrected chi connectivity index (χ3v) is 5.39. The van der Waals surface area contributed by atoms with E-state index in [1.165, 1.54) is 24.3 Å². The Bertz CT molecular complexity index is 1020. The van der Waals surface area contributed by atoms with Crippen LogP contribution in [-0.4, -0.2) is 54.9 Å². The molecule has 0 amide bonds. The Kier molecular flexibility index (Phi) is 6.38. The standard InChI is InChI=1S/C22H26N2O6/c1-4-24-11-23-20-14-6-5-7-16(25)21(28)17(26)9-8-12(2)13(3)30-22(29)19(14)18(27)10-15(20)24/h5-6,8-13,16,21,25,27-28H,4,7H2,1-3H3/b6-5?,9-8-/t12-,13+,16+,21?/m1/s1. The van der Waals surface area contributed by atoms with Gasteiger partial charge in [-0.15, -0.1) is 0 Å². The van der Waals surface area contributed by atoms with Crippen molar-refractivity contribution in [1.82, 2.24) is 9.55 Å². The number of carbonyl (C=O) groups is 2. The lowest BCUT2D eigenvalue weighted by molar-refractivity contribution is -0.127. The van der Waals surface area contributed by atoms with Crippen molar-refractivity contribution >= 4 is 28.9 Å². The number of imidazole rings is 1. The second-order valence-corrected chi connectivity index (χ2v) is 7.46. The minimum atomic E-state index is -1.57. The molecule has 8 nitrogen and oxygen atoms in total. The summed E-state index contributed by atoms with van der Waals surface area (Å²) < 4.78 is 7.36. The number of aryl methyl sites for hydroxylation is 1. The van der Waals surface area contributed by atoms with Crippen molar-refractivity contribution in [1.29, 1.82) is 0 Å². The van der Waals surface area contributed by atoms with Crippen LogP contribution in [0.5, 0.6) is 5.75 Å². The van der Waals surface area contributed by atoms with E-state index in [9.17, 15) is 24.9 Å². The highest BCUT2D eigenvalue weighted by Crippen LogP contribution is 2.32. The lowest BCUT2D eigenvalue weighted by Gasteiger charge is -2.20. The molecule has 0 spiro atoms. The van der Waals surface area contributed by atoms with Crippen LogP contribution in [0, 0.1) is 5.92 Å². The summed E-state index contributed by atoms with van der Waals surface area (Å²) in [5.41, 5.74) is 1.47. The van der Waals surface area contributed by atoms with Crippen molar-refractivity contribution in [3.8, 4) is 5.75 Å². The normalized spacial score (nSPS) is 26.8. The number of aromatic nitrogens is 2. The number of rotatable bonds is 1. The largest absolute Gasteiger partial charge is 0.507 e. The van der Waals surface area contributed by atoms with Crippen LogP contribution in [0.15, 0.2) is 30.6 Å². The van der Waals surface area contributed by atoms with Crippen LogP contribution in [0.4, 0.5) is 0 Å². The molecule has 1 unspecified atom stereocenters. The predicted octanol–water partition coefficient (Wildman–Crippen LogP) is 2.21. The summed E-state index contributed by atoms with van der Waals surface area (Å²) in [5, 5.41) is 30.9. The van der Waals surface area contributed by atoms with Gasteiger partial charge in [0.25, 0.3) is 0 Å². The van der Waals surface area contributed by atoms with Gasteiger partial charge in [-0.1, -0.05) is 25.2 Å². The number of ether oxygens (including phenoxy) is 1. The van der Waals surface area contributed by atoms with E-state index in [1.807, 2.05) is 11.5 Å². The molecule has 0 radical (unpaired) electrons. The smallest absolute Gasteiger partial charge is 0.342 e. The monoisotopic (exact) mass is 414 g/mol. The lowest BCUT2D eigenvalue weighted by atomic mass is 9.99. The van der Waals surface area contributed by atoms with Crippen molar-refractivity contribution < 1.29 is 29.6 Å².